The number of hydrogen-bond donors (Lipinski definition) is 2. The molecule has 3 unspecified atom stereocenters. The minimum absolute atomic E-state index is 0.0405. The molecule has 1 amide bonds. The average Bonchev–Trinajstić information content (AvgIpc) is 2.83. The summed E-state index contributed by atoms with van der Waals surface area (Å²) in [5, 5.41) is 13.0. The molecule has 5 heteroatoms. The molecule has 2 N–H and O–H groups in total. The van der Waals surface area contributed by atoms with Gasteiger partial charge in [0.05, 0.1) is 31.3 Å². The molecule has 16 heavy (non-hydrogen) atoms. The number of ether oxygens (including phenoxy) is 1. The smallest absolute Gasteiger partial charge is 0.410 e. The van der Waals surface area contributed by atoms with Crippen molar-refractivity contribution in [3.05, 3.63) is 0 Å². The van der Waals surface area contributed by atoms with E-state index in [-0.39, 0.29) is 18.2 Å². The van der Waals surface area contributed by atoms with Crippen LogP contribution in [0, 0.1) is 0 Å². The lowest BCUT2D eigenvalue weighted by Crippen LogP contribution is -2.39. The van der Waals surface area contributed by atoms with Gasteiger partial charge in [-0.2, -0.15) is 0 Å². The number of unbranched alkanes of at least 4 members (excludes halogenated alkanes) is 1. The van der Waals surface area contributed by atoms with Crippen molar-refractivity contribution in [2.45, 2.75) is 44.4 Å². The molecular weight excluding hydrogens is 208 g/mol. The zero-order valence-electron chi connectivity index (χ0n) is 9.69. The minimum atomic E-state index is -0.453. The monoisotopic (exact) mass is 228 g/mol. The lowest BCUT2D eigenvalue weighted by Gasteiger charge is -2.22. The minimum Gasteiger partial charge on any atom is -0.449 e. The van der Waals surface area contributed by atoms with Crippen molar-refractivity contribution in [1.82, 2.24) is 10.2 Å². The van der Waals surface area contributed by atoms with Gasteiger partial charge in [-0.1, -0.05) is 13.3 Å². The van der Waals surface area contributed by atoms with Crippen LogP contribution >= 0.6 is 0 Å². The summed E-state index contributed by atoms with van der Waals surface area (Å²) in [5.41, 5.74) is 0. The summed E-state index contributed by atoms with van der Waals surface area (Å²) in [6.45, 7) is 3.80. The van der Waals surface area contributed by atoms with Gasteiger partial charge in [-0.05, 0) is 19.4 Å². The number of likely N-dealkylation sites (tertiary alicyclic amines) is 1. The molecule has 2 aliphatic heterocycles. The zero-order valence-corrected chi connectivity index (χ0v) is 9.69. The van der Waals surface area contributed by atoms with E-state index in [1.165, 1.54) is 0 Å². The summed E-state index contributed by atoms with van der Waals surface area (Å²) in [6, 6.07) is 0.155. The molecule has 0 saturated carbocycles. The van der Waals surface area contributed by atoms with Crippen molar-refractivity contribution < 1.29 is 14.6 Å². The molecule has 0 aromatic heterocycles. The highest BCUT2D eigenvalue weighted by Gasteiger charge is 2.46. The van der Waals surface area contributed by atoms with Crippen molar-refractivity contribution in [3.8, 4) is 0 Å². The number of nitrogens with zero attached hydrogens (tertiary/aromatic N) is 1. The Kier molecular flexibility index (Phi) is 3.66. The van der Waals surface area contributed by atoms with Crippen LogP contribution < -0.4 is 5.32 Å². The Morgan fingerprint density at radius 2 is 2.44 bits per heavy atom. The normalized spacial score (nSPS) is 32.9. The van der Waals surface area contributed by atoms with Crippen LogP contribution in [0.5, 0.6) is 0 Å². The number of β-amino-alcohol motifs (C(OH)–C–C–N with tert-alkyl or cyclic N) is 1. The molecule has 2 aliphatic rings. The van der Waals surface area contributed by atoms with Gasteiger partial charge in [0.25, 0.3) is 0 Å². The van der Waals surface area contributed by atoms with E-state index >= 15 is 0 Å². The number of fused-ring (bicyclic) bond motifs is 1. The van der Waals surface area contributed by atoms with Crippen molar-refractivity contribution in [1.29, 1.82) is 0 Å². The van der Waals surface area contributed by atoms with Gasteiger partial charge in [-0.25, -0.2) is 4.79 Å². The molecule has 2 rings (SSSR count). The van der Waals surface area contributed by atoms with Gasteiger partial charge in [0, 0.05) is 0 Å². The lowest BCUT2D eigenvalue weighted by atomic mass is 10.1. The number of carbonyl (C=O) groups excluding carboxylic acids is 1. The maximum atomic E-state index is 11.8. The number of rotatable bonds is 3. The average molecular weight is 228 g/mol. The fraction of sp³-hybridized carbons (Fsp3) is 0.909. The van der Waals surface area contributed by atoms with Crippen LogP contribution in [0.25, 0.3) is 0 Å². The highest BCUT2D eigenvalue weighted by Crippen LogP contribution is 2.25. The first kappa shape index (κ1) is 11.7. The maximum absolute atomic E-state index is 11.8. The Morgan fingerprint density at radius 1 is 1.62 bits per heavy atom. The van der Waals surface area contributed by atoms with Gasteiger partial charge in [-0.3, -0.25) is 0 Å². The first-order valence-corrected chi connectivity index (χ1v) is 6.09. The van der Waals surface area contributed by atoms with Crippen LogP contribution in [0.4, 0.5) is 4.79 Å². The summed E-state index contributed by atoms with van der Waals surface area (Å²) in [5.74, 6) is 0. The van der Waals surface area contributed by atoms with Crippen LogP contribution in [0.15, 0.2) is 0 Å². The second-order valence-corrected chi connectivity index (χ2v) is 4.52. The largest absolute Gasteiger partial charge is 0.449 e. The number of aliphatic hydroxyl groups is 1. The Labute approximate surface area is 95.8 Å². The van der Waals surface area contributed by atoms with E-state index in [4.69, 9.17) is 4.74 Å². The van der Waals surface area contributed by atoms with Crippen molar-refractivity contribution in [2.75, 3.05) is 19.7 Å². The molecule has 2 fully saturated rings. The summed E-state index contributed by atoms with van der Waals surface area (Å²) in [6.07, 6.45) is 2.10. The lowest BCUT2D eigenvalue weighted by molar-refractivity contribution is 0.0918. The van der Waals surface area contributed by atoms with Crippen LogP contribution in [0.3, 0.4) is 0 Å². The highest BCUT2D eigenvalue weighted by molar-refractivity contribution is 5.69. The molecule has 0 aromatic carbocycles. The topological polar surface area (TPSA) is 61.8 Å². The summed E-state index contributed by atoms with van der Waals surface area (Å²) < 4.78 is 5.17. The molecule has 0 radical (unpaired) electrons. The van der Waals surface area contributed by atoms with Gasteiger partial charge in [0.2, 0.25) is 0 Å². The summed E-state index contributed by atoms with van der Waals surface area (Å²) >= 11 is 0. The fourth-order valence-electron chi connectivity index (χ4n) is 2.50. The van der Waals surface area contributed by atoms with E-state index < -0.39 is 6.10 Å². The molecule has 0 aliphatic carbocycles. The van der Waals surface area contributed by atoms with Gasteiger partial charge in [-0.15, -0.1) is 0 Å². The molecule has 3 atom stereocenters. The summed E-state index contributed by atoms with van der Waals surface area (Å²) in [7, 11) is 0. The number of hydrogen-bond acceptors (Lipinski definition) is 4. The van der Waals surface area contributed by atoms with E-state index in [0.29, 0.717) is 13.2 Å². The predicted octanol–water partition coefficient (Wildman–Crippen LogP) is 0.330. The van der Waals surface area contributed by atoms with E-state index in [2.05, 4.69) is 12.2 Å². The van der Waals surface area contributed by atoms with Crippen molar-refractivity contribution in [3.63, 3.8) is 0 Å². The fourth-order valence-corrected chi connectivity index (χ4v) is 2.50. The molecule has 2 heterocycles. The van der Waals surface area contributed by atoms with Crippen LogP contribution in [0.2, 0.25) is 0 Å². The van der Waals surface area contributed by atoms with E-state index in [1.54, 1.807) is 4.90 Å². The van der Waals surface area contributed by atoms with Crippen LogP contribution in [-0.2, 0) is 4.74 Å². The third kappa shape index (κ3) is 2.15. The number of aliphatic hydroxyl groups excluding tert-OH is 1. The van der Waals surface area contributed by atoms with E-state index in [1.807, 2.05) is 0 Å². The Balaban J connectivity index is 1.87. The van der Waals surface area contributed by atoms with Crippen molar-refractivity contribution >= 4 is 6.09 Å². The Hall–Kier alpha value is -0.810. The number of carbonyl (C=O) groups is 1. The quantitative estimate of drug-likeness (QED) is 0.683. The number of amides is 1. The first-order valence-electron chi connectivity index (χ1n) is 6.09. The Morgan fingerprint density at radius 3 is 3.19 bits per heavy atom. The van der Waals surface area contributed by atoms with Crippen LogP contribution in [-0.4, -0.2) is 54.0 Å². The standard InChI is InChI=1S/C11H20N2O3/c1-2-3-6-16-11(15)13-7-9(14)10-8(13)4-5-12-10/h8-10,12,14H,2-7H2,1H3. The van der Waals surface area contributed by atoms with Gasteiger partial charge in [0.15, 0.2) is 0 Å². The number of nitrogens with one attached hydrogen (secondary N) is 1. The second-order valence-electron chi connectivity index (χ2n) is 4.52. The highest BCUT2D eigenvalue weighted by atomic mass is 16.6. The molecule has 0 bridgehead atoms. The summed E-state index contributed by atoms with van der Waals surface area (Å²) in [4.78, 5) is 13.4. The second kappa shape index (κ2) is 5.01. The van der Waals surface area contributed by atoms with Crippen molar-refractivity contribution in [2.24, 2.45) is 0 Å². The van der Waals surface area contributed by atoms with Crippen LogP contribution in [0.1, 0.15) is 26.2 Å². The van der Waals surface area contributed by atoms with Gasteiger partial charge < -0.3 is 20.1 Å². The molecular formula is C11H20N2O3. The molecule has 5 nitrogen and oxygen atoms in total. The third-order valence-corrected chi connectivity index (χ3v) is 3.39. The van der Waals surface area contributed by atoms with Gasteiger partial charge in [0.1, 0.15) is 0 Å². The Bertz CT molecular complexity index is 260. The molecule has 2 saturated heterocycles. The predicted molar refractivity (Wildman–Crippen MR) is 59.2 cm³/mol. The molecule has 0 aromatic rings. The third-order valence-electron chi connectivity index (χ3n) is 3.39. The molecule has 92 valence electrons. The van der Waals surface area contributed by atoms with Gasteiger partial charge >= 0.3 is 6.09 Å². The van der Waals surface area contributed by atoms with E-state index in [0.717, 1.165) is 25.8 Å². The first-order chi connectivity index (χ1) is 7.74. The maximum Gasteiger partial charge on any atom is 0.410 e. The molecule has 0 spiro atoms. The zero-order chi connectivity index (χ0) is 11.5. The van der Waals surface area contributed by atoms with E-state index in [9.17, 15) is 9.90 Å². The SMILES string of the molecule is CCCCOC(=O)N1CC(O)C2NCCC21.